The van der Waals surface area contributed by atoms with Crippen molar-refractivity contribution in [3.05, 3.63) is 51.7 Å². The number of rotatable bonds is 6. The summed E-state index contributed by atoms with van der Waals surface area (Å²) >= 11 is 0. The molecule has 1 atom stereocenters. The summed E-state index contributed by atoms with van der Waals surface area (Å²) in [5.41, 5.74) is 1.75. The Balaban J connectivity index is 1.91. The van der Waals surface area contributed by atoms with E-state index >= 15 is 0 Å². The molecule has 0 unspecified atom stereocenters. The van der Waals surface area contributed by atoms with Gasteiger partial charge in [-0.25, -0.2) is 0 Å². The van der Waals surface area contributed by atoms with Crippen LogP contribution in [0, 0.1) is 24.0 Å². The van der Waals surface area contributed by atoms with Gasteiger partial charge in [-0.15, -0.1) is 0 Å². The fraction of sp³-hybridized carbons (Fsp3) is 0.357. The van der Waals surface area contributed by atoms with E-state index in [2.05, 4.69) is 5.10 Å². The van der Waals surface area contributed by atoms with Crippen molar-refractivity contribution in [2.24, 2.45) is 0 Å². The molecule has 0 fully saturated rings. The molecule has 0 bridgehead atoms. The molecule has 0 aliphatic carbocycles. The number of hydrogen-bond donors (Lipinski definition) is 1. The smallest absolute Gasteiger partial charge is 0.390 e. The summed E-state index contributed by atoms with van der Waals surface area (Å²) in [4.78, 5) is 10.1. The molecule has 0 saturated carbocycles. The fourth-order valence-corrected chi connectivity index (χ4v) is 1.85. The minimum atomic E-state index is -0.801. The third kappa shape index (κ3) is 4.03. The molecule has 1 aromatic heterocycles. The van der Waals surface area contributed by atoms with Gasteiger partial charge in [-0.2, -0.15) is 4.68 Å². The summed E-state index contributed by atoms with van der Waals surface area (Å²) in [5, 5.41) is 24.4. The maximum Gasteiger partial charge on any atom is 0.390 e. The lowest BCUT2D eigenvalue weighted by Crippen LogP contribution is -2.24. The van der Waals surface area contributed by atoms with Gasteiger partial charge in [0.25, 0.3) is 0 Å². The lowest BCUT2D eigenvalue weighted by Gasteiger charge is -2.11. The topological polar surface area (TPSA) is 90.4 Å². The monoisotopic (exact) mass is 291 g/mol. The highest BCUT2D eigenvalue weighted by Crippen LogP contribution is 2.13. The van der Waals surface area contributed by atoms with Crippen LogP contribution < -0.4 is 4.74 Å². The molecular weight excluding hydrogens is 274 g/mol. The predicted molar refractivity (Wildman–Crippen MR) is 76.3 cm³/mol. The Kier molecular flexibility index (Phi) is 4.54. The number of nitrogens with zero attached hydrogens (tertiary/aromatic N) is 3. The highest BCUT2D eigenvalue weighted by molar-refractivity contribution is 5.26. The maximum absolute atomic E-state index is 10.6. The average molecular weight is 291 g/mol. The first-order valence-corrected chi connectivity index (χ1v) is 6.52. The number of aryl methyl sites for hydroxylation is 2. The Labute approximate surface area is 121 Å². The quantitative estimate of drug-likeness (QED) is 0.648. The van der Waals surface area contributed by atoms with E-state index in [9.17, 15) is 15.2 Å². The molecule has 0 aliphatic rings. The van der Waals surface area contributed by atoms with E-state index in [1.54, 1.807) is 6.92 Å². The van der Waals surface area contributed by atoms with Gasteiger partial charge in [0.15, 0.2) is 0 Å². The highest BCUT2D eigenvalue weighted by Gasteiger charge is 2.18. The minimum absolute atomic E-state index is 0.0934. The van der Waals surface area contributed by atoms with Crippen LogP contribution in [0.2, 0.25) is 0 Å². The Hall–Kier alpha value is -2.41. The second-order valence-corrected chi connectivity index (χ2v) is 4.86. The van der Waals surface area contributed by atoms with Crippen molar-refractivity contribution in [3.8, 4) is 5.75 Å². The highest BCUT2D eigenvalue weighted by atomic mass is 16.6. The standard InChI is InChI=1S/C14H17N3O4/c1-10-3-5-13(6-4-10)21-9-12(18)8-16-11(2)7-14(15-16)17(19)20/h3-7,12,18H,8-9H2,1-2H3/t12-/m0/s1. The van der Waals surface area contributed by atoms with Crippen molar-refractivity contribution in [1.82, 2.24) is 9.78 Å². The van der Waals surface area contributed by atoms with Crippen LogP contribution in [0.5, 0.6) is 5.75 Å². The van der Waals surface area contributed by atoms with Gasteiger partial charge in [0.05, 0.1) is 23.4 Å². The van der Waals surface area contributed by atoms with Crippen molar-refractivity contribution in [1.29, 1.82) is 0 Å². The third-order valence-electron chi connectivity index (χ3n) is 3.00. The van der Waals surface area contributed by atoms with E-state index in [0.29, 0.717) is 11.4 Å². The summed E-state index contributed by atoms with van der Waals surface area (Å²) < 4.78 is 6.87. The van der Waals surface area contributed by atoms with Gasteiger partial charge in [-0.1, -0.05) is 17.7 Å². The molecule has 0 spiro atoms. The second kappa shape index (κ2) is 6.36. The van der Waals surface area contributed by atoms with Crippen molar-refractivity contribution in [2.45, 2.75) is 26.5 Å². The Morgan fingerprint density at radius 3 is 2.62 bits per heavy atom. The van der Waals surface area contributed by atoms with Crippen LogP contribution in [0.25, 0.3) is 0 Å². The van der Waals surface area contributed by atoms with Crippen LogP contribution in [0.3, 0.4) is 0 Å². The summed E-state index contributed by atoms with van der Waals surface area (Å²) in [7, 11) is 0. The van der Waals surface area contributed by atoms with E-state index in [-0.39, 0.29) is 19.0 Å². The van der Waals surface area contributed by atoms with Crippen molar-refractivity contribution < 1.29 is 14.8 Å². The van der Waals surface area contributed by atoms with E-state index < -0.39 is 11.0 Å². The molecular formula is C14H17N3O4. The molecule has 112 valence electrons. The van der Waals surface area contributed by atoms with Crippen molar-refractivity contribution in [2.75, 3.05) is 6.61 Å². The van der Waals surface area contributed by atoms with Crippen molar-refractivity contribution >= 4 is 5.82 Å². The Bertz CT molecular complexity index is 622. The van der Waals surface area contributed by atoms with Crippen LogP contribution in [0.4, 0.5) is 5.82 Å². The van der Waals surface area contributed by atoms with Gasteiger partial charge in [0.1, 0.15) is 18.5 Å². The fourth-order valence-electron chi connectivity index (χ4n) is 1.85. The van der Waals surface area contributed by atoms with Crippen LogP contribution in [-0.4, -0.2) is 32.5 Å². The number of aliphatic hydroxyl groups is 1. The van der Waals surface area contributed by atoms with Gasteiger partial charge in [0, 0.05) is 0 Å². The first-order valence-electron chi connectivity index (χ1n) is 6.52. The zero-order chi connectivity index (χ0) is 15.4. The minimum Gasteiger partial charge on any atom is -0.491 e. The van der Waals surface area contributed by atoms with Gasteiger partial charge >= 0.3 is 5.82 Å². The van der Waals surface area contributed by atoms with E-state index in [0.717, 1.165) is 5.56 Å². The van der Waals surface area contributed by atoms with E-state index in [1.165, 1.54) is 10.7 Å². The molecule has 2 aromatic rings. The zero-order valence-corrected chi connectivity index (χ0v) is 11.9. The molecule has 1 N–H and O–H groups in total. The molecule has 7 nitrogen and oxygen atoms in total. The van der Waals surface area contributed by atoms with Crippen LogP contribution in [0.1, 0.15) is 11.3 Å². The van der Waals surface area contributed by atoms with Gasteiger partial charge in [0.2, 0.25) is 0 Å². The van der Waals surface area contributed by atoms with Gasteiger partial charge < -0.3 is 20.0 Å². The summed E-state index contributed by atoms with van der Waals surface area (Å²) in [6, 6.07) is 8.86. The van der Waals surface area contributed by atoms with E-state index in [4.69, 9.17) is 4.74 Å². The second-order valence-electron chi connectivity index (χ2n) is 4.86. The van der Waals surface area contributed by atoms with E-state index in [1.807, 2.05) is 31.2 Å². The summed E-state index contributed by atoms with van der Waals surface area (Å²) in [5.74, 6) is 0.446. The molecule has 7 heteroatoms. The number of aromatic nitrogens is 2. The summed E-state index contributed by atoms with van der Waals surface area (Å²) in [6.45, 7) is 3.92. The number of ether oxygens (including phenoxy) is 1. The molecule has 2 rings (SSSR count). The van der Waals surface area contributed by atoms with Crippen molar-refractivity contribution in [3.63, 3.8) is 0 Å². The molecule has 21 heavy (non-hydrogen) atoms. The number of benzene rings is 1. The Morgan fingerprint density at radius 1 is 1.38 bits per heavy atom. The molecule has 0 radical (unpaired) electrons. The lowest BCUT2D eigenvalue weighted by molar-refractivity contribution is -0.389. The molecule has 1 aromatic carbocycles. The lowest BCUT2D eigenvalue weighted by atomic mass is 10.2. The largest absolute Gasteiger partial charge is 0.491 e. The predicted octanol–water partition coefficient (Wildman–Crippen LogP) is 1.85. The number of aliphatic hydroxyl groups excluding tert-OH is 1. The first kappa shape index (κ1) is 15.0. The maximum atomic E-state index is 10.6. The summed E-state index contributed by atoms with van der Waals surface area (Å²) in [6.07, 6.45) is -0.801. The Morgan fingerprint density at radius 2 is 2.05 bits per heavy atom. The molecule has 0 aliphatic heterocycles. The average Bonchev–Trinajstić information content (AvgIpc) is 2.80. The third-order valence-corrected chi connectivity index (χ3v) is 3.00. The van der Waals surface area contributed by atoms with Gasteiger partial charge in [-0.05, 0) is 30.9 Å². The first-order chi connectivity index (χ1) is 9.95. The molecule has 1 heterocycles. The van der Waals surface area contributed by atoms with Crippen LogP contribution >= 0.6 is 0 Å². The normalized spacial score (nSPS) is 12.1. The zero-order valence-electron chi connectivity index (χ0n) is 11.9. The van der Waals surface area contributed by atoms with Gasteiger partial charge in [-0.3, -0.25) is 0 Å². The van der Waals surface area contributed by atoms with Crippen LogP contribution in [-0.2, 0) is 6.54 Å². The SMILES string of the molecule is Cc1ccc(OC[C@@H](O)Cn2nc([N+](=O)[O-])cc2C)cc1. The molecule has 0 amide bonds. The number of nitro groups is 1. The number of hydrogen-bond acceptors (Lipinski definition) is 5. The molecule has 0 saturated heterocycles. The van der Waals surface area contributed by atoms with Crippen LogP contribution in [0.15, 0.2) is 30.3 Å².